The van der Waals surface area contributed by atoms with Gasteiger partial charge < -0.3 is 4.74 Å². The van der Waals surface area contributed by atoms with Crippen LogP contribution in [0.25, 0.3) is 0 Å². The fourth-order valence-electron chi connectivity index (χ4n) is 4.87. The Labute approximate surface area is 194 Å². The minimum Gasteiger partial charge on any atom is -0.455 e. The smallest absolute Gasteiger partial charge is 0.310 e. The number of ketones is 1. The Morgan fingerprint density at radius 1 is 0.844 bits per heavy atom. The van der Waals surface area contributed by atoms with Gasteiger partial charge in [0.05, 0.1) is 5.92 Å². The fraction of sp³-hybridized carbons (Fsp3) is 0.333. The van der Waals surface area contributed by atoms with Crippen molar-refractivity contribution in [3.8, 4) is 0 Å². The number of hydrogen-bond acceptors (Lipinski definition) is 5. The summed E-state index contributed by atoms with van der Waals surface area (Å²) < 4.78 is 6.08. The summed E-state index contributed by atoms with van der Waals surface area (Å²) in [6.45, 7) is -0.528. The number of nitrogens with one attached hydrogen (secondary N) is 2. The highest BCUT2D eigenvalue weighted by Crippen LogP contribution is 2.53. The first-order valence-corrected chi connectivity index (χ1v) is 11.3. The van der Waals surface area contributed by atoms with Crippen LogP contribution in [0.4, 0.5) is 0 Å². The first-order valence-electron chi connectivity index (χ1n) is 10.5. The van der Waals surface area contributed by atoms with E-state index >= 15 is 0 Å². The zero-order valence-electron chi connectivity index (χ0n) is 17.3. The summed E-state index contributed by atoms with van der Waals surface area (Å²) in [6, 6.07) is 15.6. The van der Waals surface area contributed by atoms with Crippen LogP contribution in [0.2, 0.25) is 0 Å². The molecule has 4 atom stereocenters. The molecule has 0 saturated heterocycles. The molecule has 0 unspecified atom stereocenters. The average molecular weight is 499 g/mol. The number of benzene rings is 2. The topological polar surface area (TPSA) is 102 Å². The third-order valence-electron chi connectivity index (χ3n) is 6.32. The molecule has 2 bridgehead atoms. The summed E-state index contributed by atoms with van der Waals surface area (Å²) in [5.74, 6) is -2.38. The predicted octanol–water partition coefficient (Wildman–Crippen LogP) is 3.30. The Hall–Kier alpha value is -3.00. The maximum Gasteiger partial charge on any atom is 0.310 e. The number of carbonyl (C=O) groups is 4. The van der Waals surface area contributed by atoms with E-state index in [0.717, 1.165) is 23.7 Å². The van der Waals surface area contributed by atoms with Crippen molar-refractivity contribution in [2.45, 2.75) is 19.3 Å². The number of ether oxygens (including phenoxy) is 1. The highest BCUT2D eigenvalue weighted by atomic mass is 79.9. The largest absolute Gasteiger partial charge is 0.455 e. The minimum absolute atomic E-state index is 0.0361. The number of rotatable bonds is 6. The zero-order chi connectivity index (χ0) is 22.7. The van der Waals surface area contributed by atoms with Crippen molar-refractivity contribution in [2.24, 2.45) is 23.7 Å². The van der Waals surface area contributed by atoms with E-state index in [2.05, 4.69) is 26.8 Å². The number of Topliss-reactive ketones (excluding diaryl/α,β-unsaturated/α-hetero) is 1. The molecule has 4 rings (SSSR count). The van der Waals surface area contributed by atoms with Crippen LogP contribution >= 0.6 is 15.9 Å². The zero-order valence-corrected chi connectivity index (χ0v) is 18.8. The summed E-state index contributed by atoms with van der Waals surface area (Å²) >= 11 is 3.29. The summed E-state index contributed by atoms with van der Waals surface area (Å²) in [7, 11) is 0. The van der Waals surface area contributed by atoms with Crippen molar-refractivity contribution < 1.29 is 23.9 Å². The van der Waals surface area contributed by atoms with Gasteiger partial charge in [-0.15, -0.1) is 0 Å². The van der Waals surface area contributed by atoms with E-state index in [1.165, 1.54) is 0 Å². The van der Waals surface area contributed by atoms with Crippen molar-refractivity contribution in [3.05, 3.63) is 70.2 Å². The minimum atomic E-state index is -0.655. The molecule has 166 valence electrons. The fourth-order valence-corrected chi connectivity index (χ4v) is 5.14. The Morgan fingerprint density at radius 3 is 2.19 bits per heavy atom. The lowest BCUT2D eigenvalue weighted by Crippen LogP contribution is -2.44. The number of esters is 1. The monoisotopic (exact) mass is 498 g/mol. The average Bonchev–Trinajstić information content (AvgIpc) is 3.43. The molecule has 2 aliphatic rings. The van der Waals surface area contributed by atoms with E-state index in [-0.39, 0.29) is 17.6 Å². The lowest BCUT2D eigenvalue weighted by molar-refractivity contribution is -0.155. The van der Waals surface area contributed by atoms with Gasteiger partial charge >= 0.3 is 5.97 Å². The van der Waals surface area contributed by atoms with E-state index in [1.807, 2.05) is 6.07 Å². The standard InChI is InChI=1S/C24H23BrN2O5/c25-18-10-8-15(9-11-18)23(30)27-26-19(28)13-32-24(31)21-17-7-6-16(12-17)20(21)22(29)14-4-2-1-3-5-14/h1-5,8-11,16-17,20-21H,6-7,12-13H2,(H,26,28)(H,27,30)/t16-,17-,20+,21+/m0/s1. The molecule has 2 fully saturated rings. The van der Waals surface area contributed by atoms with E-state index in [4.69, 9.17) is 4.74 Å². The molecule has 7 nitrogen and oxygen atoms in total. The molecule has 2 aliphatic carbocycles. The Morgan fingerprint density at radius 2 is 1.50 bits per heavy atom. The van der Waals surface area contributed by atoms with Crippen LogP contribution in [0.5, 0.6) is 0 Å². The van der Waals surface area contributed by atoms with Crippen molar-refractivity contribution in [1.29, 1.82) is 0 Å². The van der Waals surface area contributed by atoms with Crippen molar-refractivity contribution in [2.75, 3.05) is 6.61 Å². The number of fused-ring (bicyclic) bond motifs is 2. The maximum atomic E-state index is 13.1. The van der Waals surface area contributed by atoms with Crippen LogP contribution in [0.15, 0.2) is 59.1 Å². The molecule has 2 aromatic rings. The van der Waals surface area contributed by atoms with Gasteiger partial charge in [-0.25, -0.2) is 0 Å². The van der Waals surface area contributed by atoms with Crippen LogP contribution < -0.4 is 10.9 Å². The van der Waals surface area contributed by atoms with Crippen LogP contribution in [-0.2, 0) is 14.3 Å². The molecule has 0 aliphatic heterocycles. The van der Waals surface area contributed by atoms with E-state index in [9.17, 15) is 19.2 Å². The van der Waals surface area contributed by atoms with Crippen LogP contribution in [-0.4, -0.2) is 30.2 Å². The first-order chi connectivity index (χ1) is 15.4. The van der Waals surface area contributed by atoms with Crippen LogP contribution in [0.1, 0.15) is 40.0 Å². The third kappa shape index (κ3) is 4.75. The lowest BCUT2D eigenvalue weighted by atomic mass is 9.75. The molecule has 2 amide bonds. The number of halogens is 1. The van der Waals surface area contributed by atoms with Crippen molar-refractivity contribution in [1.82, 2.24) is 10.9 Å². The molecule has 0 heterocycles. The molecule has 0 radical (unpaired) electrons. The van der Waals surface area contributed by atoms with E-state index in [1.54, 1.807) is 48.5 Å². The Kier molecular flexibility index (Phi) is 6.69. The summed E-state index contributed by atoms with van der Waals surface area (Å²) in [6.07, 6.45) is 2.65. The second-order valence-corrected chi connectivity index (χ2v) is 9.15. The van der Waals surface area contributed by atoms with Crippen LogP contribution in [0.3, 0.4) is 0 Å². The van der Waals surface area contributed by atoms with Gasteiger partial charge in [0.1, 0.15) is 0 Å². The summed E-state index contributed by atoms with van der Waals surface area (Å²) in [5, 5.41) is 0. The molecule has 32 heavy (non-hydrogen) atoms. The van der Waals surface area contributed by atoms with Gasteiger partial charge in [0, 0.05) is 21.5 Å². The maximum absolute atomic E-state index is 13.1. The van der Waals surface area contributed by atoms with Crippen molar-refractivity contribution in [3.63, 3.8) is 0 Å². The molecule has 8 heteroatoms. The van der Waals surface area contributed by atoms with Crippen LogP contribution in [0, 0.1) is 23.7 Å². The van der Waals surface area contributed by atoms with Gasteiger partial charge in [0.2, 0.25) is 0 Å². The molecule has 2 N–H and O–H groups in total. The molecule has 2 saturated carbocycles. The van der Waals surface area contributed by atoms with E-state index < -0.39 is 36.2 Å². The van der Waals surface area contributed by atoms with E-state index in [0.29, 0.717) is 11.1 Å². The number of carbonyl (C=O) groups excluding carboxylic acids is 4. The predicted molar refractivity (Wildman–Crippen MR) is 119 cm³/mol. The van der Waals surface area contributed by atoms with Gasteiger partial charge in [-0.1, -0.05) is 46.3 Å². The van der Waals surface area contributed by atoms with Gasteiger partial charge in [-0.05, 0) is 55.4 Å². The van der Waals surface area contributed by atoms with Crippen molar-refractivity contribution >= 4 is 39.5 Å². The molecule has 0 aromatic heterocycles. The van der Waals surface area contributed by atoms with Gasteiger partial charge in [-0.3, -0.25) is 30.0 Å². The molecule has 0 spiro atoms. The third-order valence-corrected chi connectivity index (χ3v) is 6.85. The normalized spacial score (nSPS) is 23.4. The Balaban J connectivity index is 1.31. The second-order valence-electron chi connectivity index (χ2n) is 8.23. The quantitative estimate of drug-likeness (QED) is 0.361. The van der Waals surface area contributed by atoms with Gasteiger partial charge in [0.15, 0.2) is 12.4 Å². The van der Waals surface area contributed by atoms with Gasteiger partial charge in [-0.2, -0.15) is 0 Å². The number of hydrazine groups is 1. The SMILES string of the molecule is O=C(COC(=O)[C@@H]1[C@H]2CC[C@@H](C2)[C@H]1C(=O)c1ccccc1)NNC(=O)c1ccc(Br)cc1. The van der Waals surface area contributed by atoms with Gasteiger partial charge in [0.25, 0.3) is 11.8 Å². The second kappa shape index (κ2) is 9.65. The highest BCUT2D eigenvalue weighted by molar-refractivity contribution is 9.10. The highest BCUT2D eigenvalue weighted by Gasteiger charge is 2.54. The lowest BCUT2D eigenvalue weighted by Gasteiger charge is -2.28. The first kappa shape index (κ1) is 22.2. The summed E-state index contributed by atoms with van der Waals surface area (Å²) in [4.78, 5) is 50.0. The molecular weight excluding hydrogens is 476 g/mol. The number of hydrogen-bond donors (Lipinski definition) is 2. The molecular formula is C24H23BrN2O5. The summed E-state index contributed by atoms with van der Waals surface area (Å²) in [5.41, 5.74) is 5.49. The molecule has 2 aromatic carbocycles. The Bertz CT molecular complexity index is 1020. The number of amides is 2.